The third kappa shape index (κ3) is 2.74. The highest BCUT2D eigenvalue weighted by molar-refractivity contribution is 7.99. The van der Waals surface area contributed by atoms with E-state index in [-0.39, 0.29) is 12.0 Å². The van der Waals surface area contributed by atoms with Gasteiger partial charge in [0.2, 0.25) is 5.16 Å². The Balaban J connectivity index is 1.96. The highest BCUT2D eigenvalue weighted by Gasteiger charge is 2.24. The fourth-order valence-corrected chi connectivity index (χ4v) is 3.02. The van der Waals surface area contributed by atoms with E-state index in [9.17, 15) is 0 Å². The third-order valence-corrected chi connectivity index (χ3v) is 4.57. The van der Waals surface area contributed by atoms with Crippen LogP contribution in [0.3, 0.4) is 0 Å². The lowest BCUT2D eigenvalue weighted by Gasteiger charge is -2.18. The van der Waals surface area contributed by atoms with Gasteiger partial charge in [0.1, 0.15) is 5.75 Å². The standard InChI is InChI=1S/C15H19N5OS/c1-9(2)13(16)14-17-18-15-20(14)19-12(8-22-15)10-4-6-11(21-3)7-5-10/h4-7,9,13H,8,16H2,1-3H3. The summed E-state index contributed by atoms with van der Waals surface area (Å²) in [4.78, 5) is 0. The Bertz CT molecular complexity index is 692. The Morgan fingerprint density at radius 1 is 1.23 bits per heavy atom. The van der Waals surface area contributed by atoms with Crippen LogP contribution in [0.5, 0.6) is 5.75 Å². The molecule has 0 amide bonds. The molecule has 0 saturated carbocycles. The summed E-state index contributed by atoms with van der Waals surface area (Å²) >= 11 is 1.62. The second-order valence-electron chi connectivity index (χ2n) is 5.49. The number of hydrogen-bond acceptors (Lipinski definition) is 6. The highest BCUT2D eigenvalue weighted by atomic mass is 32.2. The van der Waals surface area contributed by atoms with Crippen molar-refractivity contribution in [2.75, 3.05) is 12.9 Å². The van der Waals surface area contributed by atoms with Crippen LogP contribution < -0.4 is 10.5 Å². The molecule has 1 aliphatic rings. The summed E-state index contributed by atoms with van der Waals surface area (Å²) in [6.07, 6.45) is 0. The topological polar surface area (TPSA) is 78.3 Å². The van der Waals surface area contributed by atoms with Crippen molar-refractivity contribution in [3.8, 4) is 5.75 Å². The Morgan fingerprint density at radius 2 is 1.95 bits per heavy atom. The molecule has 3 rings (SSSR count). The predicted molar refractivity (Wildman–Crippen MR) is 87.4 cm³/mol. The van der Waals surface area contributed by atoms with Gasteiger partial charge in [-0.2, -0.15) is 9.78 Å². The second kappa shape index (κ2) is 6.10. The van der Waals surface area contributed by atoms with Crippen molar-refractivity contribution in [1.82, 2.24) is 14.9 Å². The first-order chi connectivity index (χ1) is 10.6. The van der Waals surface area contributed by atoms with Gasteiger partial charge in [-0.1, -0.05) is 25.6 Å². The van der Waals surface area contributed by atoms with Gasteiger partial charge in [-0.05, 0) is 35.7 Å². The van der Waals surface area contributed by atoms with Crippen molar-refractivity contribution in [3.63, 3.8) is 0 Å². The minimum absolute atomic E-state index is 0.180. The summed E-state index contributed by atoms with van der Waals surface area (Å²) in [5, 5.41) is 13.9. The maximum Gasteiger partial charge on any atom is 0.212 e. The first-order valence-corrected chi connectivity index (χ1v) is 8.14. The van der Waals surface area contributed by atoms with Crippen molar-refractivity contribution < 1.29 is 4.74 Å². The predicted octanol–water partition coefficient (Wildman–Crippen LogP) is 2.30. The van der Waals surface area contributed by atoms with Gasteiger partial charge >= 0.3 is 0 Å². The third-order valence-electron chi connectivity index (χ3n) is 3.63. The van der Waals surface area contributed by atoms with Crippen LogP contribution in [0.1, 0.15) is 31.3 Å². The molecule has 1 aliphatic heterocycles. The maximum absolute atomic E-state index is 6.21. The van der Waals surface area contributed by atoms with E-state index in [1.165, 1.54) is 0 Å². The van der Waals surface area contributed by atoms with Gasteiger partial charge in [-0.25, -0.2) is 0 Å². The summed E-state index contributed by atoms with van der Waals surface area (Å²) in [5.41, 5.74) is 8.26. The number of benzene rings is 1. The maximum atomic E-state index is 6.21. The van der Waals surface area contributed by atoms with E-state index < -0.39 is 0 Å². The van der Waals surface area contributed by atoms with E-state index >= 15 is 0 Å². The van der Waals surface area contributed by atoms with E-state index in [1.807, 2.05) is 24.3 Å². The zero-order chi connectivity index (χ0) is 15.7. The minimum Gasteiger partial charge on any atom is -0.497 e. The lowest BCUT2D eigenvalue weighted by Crippen LogP contribution is -2.23. The molecule has 1 aromatic heterocycles. The van der Waals surface area contributed by atoms with Crippen molar-refractivity contribution in [3.05, 3.63) is 35.7 Å². The van der Waals surface area contributed by atoms with Gasteiger partial charge in [0.25, 0.3) is 0 Å². The molecule has 2 aromatic rings. The molecule has 0 spiro atoms. The second-order valence-corrected chi connectivity index (χ2v) is 6.43. The van der Waals surface area contributed by atoms with Crippen LogP contribution in [0, 0.1) is 5.92 Å². The van der Waals surface area contributed by atoms with E-state index in [1.54, 1.807) is 23.5 Å². The minimum atomic E-state index is -0.180. The Hall–Kier alpha value is -1.86. The van der Waals surface area contributed by atoms with E-state index in [0.717, 1.165) is 27.9 Å². The smallest absolute Gasteiger partial charge is 0.212 e. The van der Waals surface area contributed by atoms with E-state index in [0.29, 0.717) is 5.82 Å². The van der Waals surface area contributed by atoms with Crippen LogP contribution >= 0.6 is 11.8 Å². The molecule has 0 bridgehead atoms. The molecule has 0 aliphatic carbocycles. The van der Waals surface area contributed by atoms with Crippen molar-refractivity contribution in [1.29, 1.82) is 0 Å². The van der Waals surface area contributed by atoms with Crippen LogP contribution in [0.25, 0.3) is 0 Å². The largest absolute Gasteiger partial charge is 0.497 e. The SMILES string of the molecule is COc1ccc(C2=Nn3c(nnc3C(N)C(C)C)SC2)cc1. The lowest BCUT2D eigenvalue weighted by molar-refractivity contribution is 0.415. The normalized spacial score (nSPS) is 15.4. The summed E-state index contributed by atoms with van der Waals surface area (Å²) in [7, 11) is 1.66. The number of hydrogen-bond donors (Lipinski definition) is 1. The van der Waals surface area contributed by atoms with Gasteiger partial charge in [-0.3, -0.25) is 0 Å². The molecular weight excluding hydrogens is 298 g/mol. The number of fused-ring (bicyclic) bond motifs is 1. The average Bonchev–Trinajstić information content (AvgIpc) is 2.97. The highest BCUT2D eigenvalue weighted by Crippen LogP contribution is 2.28. The average molecular weight is 317 g/mol. The van der Waals surface area contributed by atoms with Gasteiger partial charge in [0.15, 0.2) is 5.82 Å². The molecule has 1 atom stereocenters. The summed E-state index contributed by atoms with van der Waals surface area (Å²) in [5.74, 6) is 2.59. The first-order valence-electron chi connectivity index (χ1n) is 7.16. The van der Waals surface area contributed by atoms with Crippen molar-refractivity contribution in [2.45, 2.75) is 25.0 Å². The van der Waals surface area contributed by atoms with Crippen LogP contribution in [0.2, 0.25) is 0 Å². The Morgan fingerprint density at radius 3 is 2.59 bits per heavy atom. The molecular formula is C15H19N5OS. The number of rotatable bonds is 4. The number of thioether (sulfide) groups is 1. The Kier molecular flexibility index (Phi) is 4.17. The van der Waals surface area contributed by atoms with Gasteiger partial charge in [-0.15, -0.1) is 10.2 Å². The molecule has 0 saturated heterocycles. The lowest BCUT2D eigenvalue weighted by atomic mass is 10.1. The molecule has 1 unspecified atom stereocenters. The van der Waals surface area contributed by atoms with Crippen LogP contribution in [-0.2, 0) is 0 Å². The molecule has 7 heteroatoms. The van der Waals surface area contributed by atoms with Crippen LogP contribution in [0.15, 0.2) is 34.5 Å². The summed E-state index contributed by atoms with van der Waals surface area (Å²) in [6, 6.07) is 7.71. The van der Waals surface area contributed by atoms with Crippen molar-refractivity contribution >= 4 is 17.5 Å². The molecule has 2 N–H and O–H groups in total. The quantitative estimate of drug-likeness (QED) is 0.936. The van der Waals surface area contributed by atoms with Crippen molar-refractivity contribution in [2.24, 2.45) is 16.8 Å². The molecule has 0 fully saturated rings. The first kappa shape index (κ1) is 15.1. The van der Waals surface area contributed by atoms with Crippen LogP contribution in [-0.4, -0.2) is 33.4 Å². The fourth-order valence-electron chi connectivity index (χ4n) is 2.17. The van der Waals surface area contributed by atoms with Gasteiger partial charge in [0, 0.05) is 5.75 Å². The zero-order valence-electron chi connectivity index (χ0n) is 12.9. The molecule has 2 heterocycles. The monoisotopic (exact) mass is 317 g/mol. The van der Waals surface area contributed by atoms with E-state index in [4.69, 9.17) is 15.6 Å². The Labute approximate surface area is 133 Å². The molecule has 116 valence electrons. The van der Waals surface area contributed by atoms with Gasteiger partial charge < -0.3 is 10.5 Å². The number of ether oxygens (including phenoxy) is 1. The molecule has 22 heavy (non-hydrogen) atoms. The number of methoxy groups -OCH3 is 1. The van der Waals surface area contributed by atoms with Gasteiger partial charge in [0.05, 0.1) is 18.9 Å². The summed E-state index contributed by atoms with van der Waals surface area (Å²) in [6.45, 7) is 4.13. The zero-order valence-corrected chi connectivity index (χ0v) is 13.7. The molecule has 6 nitrogen and oxygen atoms in total. The molecule has 1 aromatic carbocycles. The number of aromatic nitrogens is 3. The number of nitrogens with two attached hydrogens (primary N) is 1. The number of nitrogens with zero attached hydrogens (tertiary/aromatic N) is 4. The van der Waals surface area contributed by atoms with E-state index in [2.05, 4.69) is 24.0 Å². The molecule has 0 radical (unpaired) electrons. The van der Waals surface area contributed by atoms with Crippen LogP contribution in [0.4, 0.5) is 0 Å². The summed E-state index contributed by atoms with van der Waals surface area (Å²) < 4.78 is 6.97. The fraction of sp³-hybridized carbons (Fsp3) is 0.400.